The van der Waals surface area contributed by atoms with Crippen molar-refractivity contribution >= 4 is 45.5 Å². The number of morpholine rings is 2. The number of hydrogen-bond donors (Lipinski definition) is 0. The Balaban J connectivity index is 0.000000161. The molecule has 0 aromatic heterocycles. The summed E-state index contributed by atoms with van der Waals surface area (Å²) in [6.45, 7) is 31.9. The Kier molecular flexibility index (Phi) is 24.0. The van der Waals surface area contributed by atoms with Gasteiger partial charge in [-0.25, -0.2) is 0 Å². The zero-order valence-corrected chi connectivity index (χ0v) is 51.1. The number of benzene rings is 4. The third-order valence-electron chi connectivity index (χ3n) is 17.1. The van der Waals surface area contributed by atoms with E-state index in [1.54, 1.807) is 48.5 Å². The maximum Gasteiger partial charge on any atom is 0.271 e. The van der Waals surface area contributed by atoms with Crippen molar-refractivity contribution in [1.82, 2.24) is 19.6 Å². The van der Waals surface area contributed by atoms with Crippen LogP contribution in [0.5, 0.6) is 0 Å². The van der Waals surface area contributed by atoms with Crippen LogP contribution < -0.4 is 19.6 Å². The van der Waals surface area contributed by atoms with Crippen molar-refractivity contribution in [2.24, 2.45) is 0 Å². The van der Waals surface area contributed by atoms with Crippen LogP contribution in [0.2, 0.25) is 0 Å². The van der Waals surface area contributed by atoms with Crippen molar-refractivity contribution in [3.8, 4) is 0 Å². The molecule has 22 nitrogen and oxygen atoms in total. The molecule has 6 heterocycles. The predicted molar refractivity (Wildman–Crippen MR) is 334 cm³/mol. The second kappa shape index (κ2) is 31.0. The standard InChI is InChI=1S/C17H25N3O3.C17H27N3O2.C15H21N3O3.C13H19N3O2/c1-17(2)5-6-19(8-7-18-9-11-23-12-10-18)16-13-14(20(21)22)3-4-15(16)17;1-13(2)19(14(3)4)11-10-18-9-5-6-15-7-8-16(20(21)22)12-17(15)18;19-18(20)14-4-3-13-2-1-5-17(15(13)12-14)7-6-16-8-10-21-11-9-16;1-14(2)8-9-15-7-3-4-11-5-6-12(16(17)18)10-13(11)15/h3-4,13H,5-12H2,1-2H3;7-8,12-14H,5-6,9-11H2,1-4H3;3-4,12H,1-2,5-11H2;5-6,10H,3-4,7-9H2,1-2H3. The van der Waals surface area contributed by atoms with Crippen LogP contribution in [0.25, 0.3) is 0 Å². The first kappa shape index (κ1) is 65.0. The van der Waals surface area contributed by atoms with Gasteiger partial charge in [0.2, 0.25) is 0 Å². The highest BCUT2D eigenvalue weighted by molar-refractivity contribution is 5.64. The first-order valence-corrected chi connectivity index (χ1v) is 30.3. The smallest absolute Gasteiger partial charge is 0.271 e. The van der Waals surface area contributed by atoms with E-state index in [1.807, 2.05) is 38.4 Å². The molecule has 2 fully saturated rings. The van der Waals surface area contributed by atoms with Gasteiger partial charge in [0.05, 0.1) is 46.1 Å². The molecule has 0 unspecified atom stereocenters. The summed E-state index contributed by atoms with van der Waals surface area (Å²) in [6.07, 6.45) is 7.48. The number of ether oxygens (including phenoxy) is 2. The lowest BCUT2D eigenvalue weighted by Gasteiger charge is -2.41. The summed E-state index contributed by atoms with van der Waals surface area (Å²) in [5.41, 5.74) is 9.89. The second-order valence-corrected chi connectivity index (χ2v) is 24.2. The molecule has 460 valence electrons. The molecule has 0 atom stereocenters. The van der Waals surface area contributed by atoms with Crippen molar-refractivity contribution in [3.63, 3.8) is 0 Å². The Morgan fingerprint density at radius 2 is 0.810 bits per heavy atom. The molecule has 6 aliphatic rings. The van der Waals surface area contributed by atoms with Crippen molar-refractivity contribution in [2.75, 3.05) is 165 Å². The number of rotatable bonds is 18. The SMILES string of the molecule is CC(C)N(CCN1CCCc2ccc([N+](=O)[O-])cc21)C(C)C.CC1(C)CCN(CCN2CCOCC2)c2cc([N+](=O)[O-])ccc21.CN(C)CCN1CCCc2ccc([N+](=O)[O-])cc21.O=[N+]([O-])c1ccc2c(c1)N(CCN1CCOCC1)CCC2. The van der Waals surface area contributed by atoms with E-state index < -0.39 is 0 Å². The van der Waals surface area contributed by atoms with E-state index in [4.69, 9.17) is 9.47 Å². The van der Waals surface area contributed by atoms with Crippen molar-refractivity contribution in [3.05, 3.63) is 136 Å². The summed E-state index contributed by atoms with van der Waals surface area (Å²) in [7, 11) is 4.08. The van der Waals surface area contributed by atoms with Gasteiger partial charge < -0.3 is 34.0 Å². The molecule has 0 spiro atoms. The average molecular weight is 1170 g/mol. The maximum absolute atomic E-state index is 11.1. The number of likely N-dealkylation sites (N-methyl/N-ethyl adjacent to an activating group) is 1. The van der Waals surface area contributed by atoms with Gasteiger partial charge in [-0.05, 0) is 120 Å². The normalized spacial score (nSPS) is 17.6. The molecule has 4 aromatic carbocycles. The number of nitro benzene ring substituents is 4. The van der Waals surface area contributed by atoms with Crippen molar-refractivity contribution in [2.45, 2.75) is 104 Å². The van der Waals surface area contributed by atoms with Gasteiger partial charge in [0.25, 0.3) is 22.7 Å². The lowest BCUT2D eigenvalue weighted by molar-refractivity contribution is -0.385. The largest absolute Gasteiger partial charge is 0.379 e. The molecule has 4 aromatic rings. The average Bonchev–Trinajstić information content (AvgIpc) is 3.25. The fourth-order valence-electron chi connectivity index (χ4n) is 12.2. The highest BCUT2D eigenvalue weighted by atomic mass is 16.6. The van der Waals surface area contributed by atoms with Crippen LogP contribution in [0.1, 0.15) is 89.5 Å². The highest BCUT2D eigenvalue weighted by Gasteiger charge is 2.33. The Morgan fingerprint density at radius 3 is 1.18 bits per heavy atom. The molecular formula is C62H92N12O10. The van der Waals surface area contributed by atoms with Crippen LogP contribution in [0.15, 0.2) is 72.8 Å². The van der Waals surface area contributed by atoms with E-state index in [9.17, 15) is 40.5 Å². The summed E-state index contributed by atoms with van der Waals surface area (Å²) in [5, 5.41) is 43.9. The quantitative estimate of drug-likeness (QED) is 0.0669. The fourth-order valence-corrected chi connectivity index (χ4v) is 12.2. The summed E-state index contributed by atoms with van der Waals surface area (Å²) < 4.78 is 10.7. The summed E-state index contributed by atoms with van der Waals surface area (Å²) in [4.78, 5) is 61.3. The Morgan fingerprint density at radius 1 is 0.464 bits per heavy atom. The highest BCUT2D eigenvalue weighted by Crippen LogP contribution is 2.41. The first-order chi connectivity index (χ1) is 40.2. The molecule has 2 saturated heterocycles. The van der Waals surface area contributed by atoms with E-state index in [2.05, 4.69) is 80.7 Å². The molecule has 0 amide bonds. The summed E-state index contributed by atoms with van der Waals surface area (Å²) in [6, 6.07) is 22.1. The van der Waals surface area contributed by atoms with Gasteiger partial charge in [-0.3, -0.25) is 55.2 Å². The molecule has 0 N–H and O–H groups in total. The number of hydrogen-bond acceptors (Lipinski definition) is 18. The van der Waals surface area contributed by atoms with Crippen LogP contribution in [0, 0.1) is 40.5 Å². The van der Waals surface area contributed by atoms with Crippen LogP contribution in [-0.2, 0) is 34.2 Å². The number of non-ortho nitro benzene ring substituents is 4. The molecule has 0 bridgehead atoms. The molecule has 84 heavy (non-hydrogen) atoms. The van der Waals surface area contributed by atoms with Crippen LogP contribution in [-0.4, -0.2) is 197 Å². The minimum absolute atomic E-state index is 0.0694. The third kappa shape index (κ3) is 18.2. The van der Waals surface area contributed by atoms with Gasteiger partial charge in [-0.2, -0.15) is 0 Å². The molecule has 0 saturated carbocycles. The second-order valence-electron chi connectivity index (χ2n) is 24.2. The zero-order chi connectivity index (χ0) is 60.5. The van der Waals surface area contributed by atoms with Gasteiger partial charge in [0.15, 0.2) is 0 Å². The van der Waals surface area contributed by atoms with E-state index in [1.165, 1.54) is 22.3 Å². The Hall–Kier alpha value is -6.56. The van der Waals surface area contributed by atoms with Gasteiger partial charge in [-0.15, -0.1) is 0 Å². The van der Waals surface area contributed by atoms with Crippen molar-refractivity contribution < 1.29 is 29.2 Å². The van der Waals surface area contributed by atoms with E-state index in [0.717, 1.165) is 199 Å². The minimum Gasteiger partial charge on any atom is -0.379 e. The first-order valence-electron chi connectivity index (χ1n) is 30.3. The lowest BCUT2D eigenvalue weighted by Crippen LogP contribution is -2.44. The molecule has 0 aliphatic carbocycles. The van der Waals surface area contributed by atoms with Gasteiger partial charge in [-0.1, -0.05) is 32.0 Å². The predicted octanol–water partition coefficient (Wildman–Crippen LogP) is 9.47. The number of aryl methyl sites for hydroxylation is 3. The van der Waals surface area contributed by atoms with Crippen LogP contribution >= 0.6 is 0 Å². The summed E-state index contributed by atoms with van der Waals surface area (Å²) in [5.74, 6) is 0. The topological polar surface area (TPSA) is 217 Å². The van der Waals surface area contributed by atoms with E-state index in [0.29, 0.717) is 12.1 Å². The maximum atomic E-state index is 11.1. The number of fused-ring (bicyclic) bond motifs is 4. The molecule has 22 heteroatoms. The number of anilines is 4. The van der Waals surface area contributed by atoms with E-state index >= 15 is 0 Å². The van der Waals surface area contributed by atoms with E-state index in [-0.39, 0.29) is 47.9 Å². The minimum atomic E-state index is -0.320. The zero-order valence-electron chi connectivity index (χ0n) is 51.1. The number of nitro groups is 4. The van der Waals surface area contributed by atoms with Gasteiger partial charge in [0, 0.05) is 188 Å². The molecule has 10 rings (SSSR count). The summed E-state index contributed by atoms with van der Waals surface area (Å²) >= 11 is 0. The lowest BCUT2D eigenvalue weighted by atomic mass is 9.77. The molecule has 6 aliphatic heterocycles. The van der Waals surface area contributed by atoms with Crippen molar-refractivity contribution in [1.29, 1.82) is 0 Å². The molecular weight excluding hydrogens is 1070 g/mol. The van der Waals surface area contributed by atoms with Crippen LogP contribution in [0.3, 0.4) is 0 Å². The Labute approximate surface area is 496 Å². The fraction of sp³-hybridized carbons (Fsp3) is 0.613. The number of nitrogens with zero attached hydrogens (tertiary/aromatic N) is 12. The van der Waals surface area contributed by atoms with Crippen LogP contribution in [0.4, 0.5) is 45.5 Å². The third-order valence-corrected chi connectivity index (χ3v) is 17.1. The van der Waals surface area contributed by atoms with Gasteiger partial charge >= 0.3 is 0 Å². The molecule has 0 radical (unpaired) electrons. The monoisotopic (exact) mass is 1160 g/mol. The Bertz CT molecular complexity index is 2810. The van der Waals surface area contributed by atoms with Gasteiger partial charge in [0.1, 0.15) is 0 Å².